The van der Waals surface area contributed by atoms with E-state index in [2.05, 4.69) is 10.3 Å². The van der Waals surface area contributed by atoms with Crippen LogP contribution in [0.2, 0.25) is 0 Å². The van der Waals surface area contributed by atoms with E-state index in [0.29, 0.717) is 42.2 Å². The van der Waals surface area contributed by atoms with Gasteiger partial charge in [0.15, 0.2) is 5.58 Å². The lowest BCUT2D eigenvalue weighted by Gasteiger charge is -2.34. The summed E-state index contributed by atoms with van der Waals surface area (Å²) in [5.41, 5.74) is 4.95. The fourth-order valence-corrected chi connectivity index (χ4v) is 5.07. The van der Waals surface area contributed by atoms with Gasteiger partial charge in [0.05, 0.1) is 7.11 Å². The van der Waals surface area contributed by atoms with Crippen molar-refractivity contribution < 1.29 is 18.7 Å². The number of nitrogens with zero attached hydrogens (tertiary/aromatic N) is 2. The molecule has 1 N–H and O–H groups in total. The van der Waals surface area contributed by atoms with Gasteiger partial charge in [-0.05, 0) is 62.1 Å². The average Bonchev–Trinajstić information content (AvgIpc) is 3.39. The summed E-state index contributed by atoms with van der Waals surface area (Å²) in [6.07, 6.45) is 1.58. The van der Waals surface area contributed by atoms with Gasteiger partial charge in [0.25, 0.3) is 5.91 Å². The second kappa shape index (κ2) is 11.1. The number of aryl methyl sites for hydroxylation is 1. The Balaban J connectivity index is 1.17. The molecule has 1 saturated heterocycles. The van der Waals surface area contributed by atoms with Gasteiger partial charge in [-0.15, -0.1) is 0 Å². The van der Waals surface area contributed by atoms with Crippen molar-refractivity contribution in [2.75, 3.05) is 20.2 Å². The molecule has 2 heterocycles. The van der Waals surface area contributed by atoms with Crippen LogP contribution in [0.4, 0.5) is 0 Å². The standard InChI is InChI=1S/C31H33N3O4/c1-20-8-10-23(11-9-20)30-33-26-18-24(12-13-28(26)38-30)31(36)34-16-14-22(15-17-34)21(2)29(35)32-19-25-6-4-5-7-27(25)37-3/h4-13,18,21-22H,14-17,19H2,1-3H3,(H,32,35)/t21-/m1/s1. The lowest BCUT2D eigenvalue weighted by molar-refractivity contribution is -0.126. The van der Waals surface area contributed by atoms with E-state index in [0.717, 1.165) is 29.7 Å². The van der Waals surface area contributed by atoms with Gasteiger partial charge in [-0.1, -0.05) is 42.8 Å². The van der Waals surface area contributed by atoms with Gasteiger partial charge in [-0.25, -0.2) is 4.98 Å². The summed E-state index contributed by atoms with van der Waals surface area (Å²) in [5, 5.41) is 3.05. The number of hydrogen-bond donors (Lipinski definition) is 1. The largest absolute Gasteiger partial charge is 0.496 e. The van der Waals surface area contributed by atoms with Gasteiger partial charge in [0.2, 0.25) is 11.8 Å². The number of benzene rings is 3. The van der Waals surface area contributed by atoms with Crippen LogP contribution in [-0.2, 0) is 11.3 Å². The lowest BCUT2D eigenvalue weighted by Crippen LogP contribution is -2.42. The number of carbonyl (C=O) groups is 2. The van der Waals surface area contributed by atoms with Gasteiger partial charge in [-0.3, -0.25) is 9.59 Å². The van der Waals surface area contributed by atoms with Crippen LogP contribution in [0.25, 0.3) is 22.6 Å². The molecule has 7 nitrogen and oxygen atoms in total. The first-order valence-electron chi connectivity index (χ1n) is 13.1. The van der Waals surface area contributed by atoms with Crippen molar-refractivity contribution in [3.05, 3.63) is 83.4 Å². The van der Waals surface area contributed by atoms with Crippen molar-refractivity contribution >= 4 is 22.9 Å². The molecule has 0 radical (unpaired) electrons. The van der Waals surface area contributed by atoms with Crippen LogP contribution in [0.5, 0.6) is 5.75 Å². The van der Waals surface area contributed by atoms with Gasteiger partial charge in [0, 0.05) is 42.2 Å². The van der Waals surface area contributed by atoms with Crippen LogP contribution >= 0.6 is 0 Å². The van der Waals surface area contributed by atoms with E-state index in [4.69, 9.17) is 9.15 Å². The number of hydrogen-bond acceptors (Lipinski definition) is 5. The summed E-state index contributed by atoms with van der Waals surface area (Å²) in [5.74, 6) is 1.42. The van der Waals surface area contributed by atoms with Crippen molar-refractivity contribution in [3.8, 4) is 17.2 Å². The molecule has 1 aliphatic heterocycles. The summed E-state index contributed by atoms with van der Waals surface area (Å²) in [6.45, 7) is 5.69. The molecule has 3 aromatic carbocycles. The Morgan fingerprint density at radius 1 is 1.08 bits per heavy atom. The number of para-hydroxylation sites is 1. The van der Waals surface area contributed by atoms with Crippen molar-refractivity contribution in [1.29, 1.82) is 0 Å². The molecule has 0 aliphatic carbocycles. The predicted molar refractivity (Wildman–Crippen MR) is 147 cm³/mol. The van der Waals surface area contributed by atoms with Crippen LogP contribution in [0.1, 0.15) is 41.3 Å². The molecule has 196 valence electrons. The van der Waals surface area contributed by atoms with Crippen LogP contribution in [0.15, 0.2) is 71.1 Å². The molecule has 0 spiro atoms. The second-order valence-electron chi connectivity index (χ2n) is 10.0. The number of aromatic nitrogens is 1. The number of nitrogens with one attached hydrogen (secondary N) is 1. The number of methoxy groups -OCH3 is 1. The average molecular weight is 512 g/mol. The zero-order chi connectivity index (χ0) is 26.6. The molecule has 1 aliphatic rings. The van der Waals surface area contributed by atoms with Crippen molar-refractivity contribution in [2.45, 2.75) is 33.2 Å². The Hall–Kier alpha value is -4.13. The number of fused-ring (bicyclic) bond motifs is 1. The Bertz CT molecular complexity index is 1440. The maximum absolute atomic E-state index is 13.3. The number of oxazole rings is 1. The van der Waals surface area contributed by atoms with E-state index in [1.807, 2.05) is 73.3 Å². The van der Waals surface area contributed by atoms with Gasteiger partial charge >= 0.3 is 0 Å². The van der Waals surface area contributed by atoms with E-state index in [1.54, 1.807) is 19.2 Å². The Morgan fingerprint density at radius 3 is 2.55 bits per heavy atom. The van der Waals surface area contributed by atoms with Crippen LogP contribution in [0, 0.1) is 18.8 Å². The van der Waals surface area contributed by atoms with E-state index in [1.165, 1.54) is 5.56 Å². The monoisotopic (exact) mass is 511 g/mol. The fourth-order valence-electron chi connectivity index (χ4n) is 5.07. The smallest absolute Gasteiger partial charge is 0.253 e. The molecule has 2 amide bonds. The third-order valence-electron chi connectivity index (χ3n) is 7.53. The number of likely N-dealkylation sites (tertiary alicyclic amines) is 1. The lowest BCUT2D eigenvalue weighted by atomic mass is 9.84. The normalized spacial score (nSPS) is 14.9. The summed E-state index contributed by atoms with van der Waals surface area (Å²) in [4.78, 5) is 32.6. The molecular formula is C31H33N3O4. The summed E-state index contributed by atoms with van der Waals surface area (Å²) in [7, 11) is 1.63. The third kappa shape index (κ3) is 5.42. The fraction of sp³-hybridized carbons (Fsp3) is 0.323. The van der Waals surface area contributed by atoms with Crippen molar-refractivity contribution in [2.24, 2.45) is 11.8 Å². The molecule has 1 aromatic heterocycles. The highest BCUT2D eigenvalue weighted by Gasteiger charge is 2.30. The SMILES string of the molecule is COc1ccccc1CNC(=O)[C@H](C)C1CCN(C(=O)c2ccc3oc(-c4ccc(C)cc4)nc3c2)CC1. The number of ether oxygens (including phenoxy) is 1. The van der Waals surface area contributed by atoms with Crippen LogP contribution in [-0.4, -0.2) is 41.9 Å². The maximum Gasteiger partial charge on any atom is 0.253 e. The second-order valence-corrected chi connectivity index (χ2v) is 10.0. The highest BCUT2D eigenvalue weighted by atomic mass is 16.5. The molecule has 4 aromatic rings. The van der Waals surface area contributed by atoms with E-state index in [-0.39, 0.29) is 23.7 Å². The summed E-state index contributed by atoms with van der Waals surface area (Å²) in [6, 6.07) is 21.1. The molecule has 0 unspecified atom stereocenters. The zero-order valence-electron chi connectivity index (χ0n) is 22.1. The molecule has 38 heavy (non-hydrogen) atoms. The van der Waals surface area contributed by atoms with E-state index in [9.17, 15) is 9.59 Å². The molecule has 0 bridgehead atoms. The summed E-state index contributed by atoms with van der Waals surface area (Å²) >= 11 is 0. The van der Waals surface area contributed by atoms with Gasteiger partial charge < -0.3 is 19.4 Å². The third-order valence-corrected chi connectivity index (χ3v) is 7.53. The van der Waals surface area contributed by atoms with Gasteiger partial charge in [0.1, 0.15) is 11.3 Å². The first-order chi connectivity index (χ1) is 18.4. The molecule has 1 fully saturated rings. The minimum atomic E-state index is -0.131. The number of piperidine rings is 1. The molecule has 7 heteroatoms. The quantitative estimate of drug-likeness (QED) is 0.348. The first-order valence-corrected chi connectivity index (χ1v) is 13.1. The van der Waals surface area contributed by atoms with Crippen LogP contribution < -0.4 is 10.1 Å². The first kappa shape index (κ1) is 25.5. The Morgan fingerprint density at radius 2 is 1.82 bits per heavy atom. The number of amides is 2. The van der Waals surface area contributed by atoms with Gasteiger partial charge in [-0.2, -0.15) is 0 Å². The maximum atomic E-state index is 13.3. The predicted octanol–water partition coefficient (Wildman–Crippen LogP) is 5.62. The van der Waals surface area contributed by atoms with E-state index >= 15 is 0 Å². The minimum Gasteiger partial charge on any atom is -0.496 e. The molecule has 5 rings (SSSR count). The highest BCUT2D eigenvalue weighted by molar-refractivity contribution is 5.97. The molecular weight excluding hydrogens is 478 g/mol. The Labute approximate surface area is 222 Å². The minimum absolute atomic E-state index is 0.0153. The Kier molecular flexibility index (Phi) is 7.45. The zero-order valence-corrected chi connectivity index (χ0v) is 22.1. The topological polar surface area (TPSA) is 84.7 Å². The molecule has 0 saturated carbocycles. The highest BCUT2D eigenvalue weighted by Crippen LogP contribution is 2.28. The molecule has 1 atom stereocenters. The number of carbonyl (C=O) groups excluding carboxylic acids is 2. The van der Waals surface area contributed by atoms with Crippen LogP contribution in [0.3, 0.4) is 0 Å². The van der Waals surface area contributed by atoms with E-state index < -0.39 is 0 Å². The van der Waals surface area contributed by atoms with Crippen molar-refractivity contribution in [1.82, 2.24) is 15.2 Å². The summed E-state index contributed by atoms with van der Waals surface area (Å²) < 4.78 is 11.3. The van der Waals surface area contributed by atoms with Crippen molar-refractivity contribution in [3.63, 3.8) is 0 Å². The number of rotatable bonds is 7.